The molecule has 6 nitrogen and oxygen atoms in total. The first-order chi connectivity index (χ1) is 15.0. The molecule has 2 amide bonds. The molecule has 0 saturated carbocycles. The van der Waals surface area contributed by atoms with Gasteiger partial charge in [-0.25, -0.2) is 9.69 Å². The van der Waals surface area contributed by atoms with E-state index in [0.717, 1.165) is 16.0 Å². The number of carbonyl (C=O) groups excluding carboxylic acids is 3. The summed E-state index contributed by atoms with van der Waals surface area (Å²) in [6.07, 6.45) is 0. The van der Waals surface area contributed by atoms with E-state index in [0.29, 0.717) is 18.0 Å². The first kappa shape index (κ1) is 20.3. The molecule has 0 aromatic heterocycles. The second-order valence-electron chi connectivity index (χ2n) is 7.11. The summed E-state index contributed by atoms with van der Waals surface area (Å²) in [5.74, 6) is -0.782. The molecule has 0 unspecified atom stereocenters. The lowest BCUT2D eigenvalue weighted by atomic mass is 10.1. The Kier molecular flexibility index (Phi) is 5.54. The molecule has 0 atom stereocenters. The normalized spacial score (nSPS) is 12.6. The summed E-state index contributed by atoms with van der Waals surface area (Å²) in [7, 11) is 0. The van der Waals surface area contributed by atoms with Crippen LogP contribution in [0, 0.1) is 6.92 Å². The summed E-state index contributed by atoms with van der Waals surface area (Å²) in [6, 6.07) is 18.9. The van der Waals surface area contributed by atoms with Gasteiger partial charge in [0.05, 0.1) is 29.0 Å². The van der Waals surface area contributed by atoms with E-state index in [9.17, 15) is 14.4 Å². The molecule has 0 aliphatic carbocycles. The van der Waals surface area contributed by atoms with Crippen LogP contribution in [0.5, 0.6) is 5.75 Å². The highest BCUT2D eigenvalue weighted by Crippen LogP contribution is 2.31. The van der Waals surface area contributed by atoms with Gasteiger partial charge in [0.25, 0.3) is 11.8 Å². The van der Waals surface area contributed by atoms with E-state index in [1.807, 2.05) is 50.2 Å². The second-order valence-corrected chi connectivity index (χ2v) is 7.11. The van der Waals surface area contributed by atoms with Crippen molar-refractivity contribution < 1.29 is 23.9 Å². The standard InChI is InChI=1S/C25H21NO5/c1-3-30-22-11-7-5-9-18(22)15-31-25(29)17-12-13-19-20(14-17)24(28)26(23(19)27)21-10-6-4-8-16(21)2/h4-14H,3,15H2,1-2H3. The molecule has 1 aliphatic rings. The molecule has 156 valence electrons. The number of aryl methyl sites for hydroxylation is 1. The van der Waals surface area contributed by atoms with E-state index in [2.05, 4.69) is 0 Å². The maximum absolute atomic E-state index is 13.0. The zero-order chi connectivity index (χ0) is 22.0. The topological polar surface area (TPSA) is 72.9 Å². The molecule has 3 aromatic rings. The van der Waals surface area contributed by atoms with Crippen molar-refractivity contribution in [3.63, 3.8) is 0 Å². The number of rotatable bonds is 6. The molecule has 31 heavy (non-hydrogen) atoms. The number of hydrogen-bond acceptors (Lipinski definition) is 5. The van der Waals surface area contributed by atoms with Crippen LogP contribution in [0.4, 0.5) is 5.69 Å². The minimum absolute atomic E-state index is 0.0360. The van der Waals surface area contributed by atoms with Crippen LogP contribution in [0.25, 0.3) is 0 Å². The fourth-order valence-corrected chi connectivity index (χ4v) is 3.55. The van der Waals surface area contributed by atoms with E-state index in [4.69, 9.17) is 9.47 Å². The van der Waals surface area contributed by atoms with Crippen molar-refractivity contribution in [3.8, 4) is 5.75 Å². The van der Waals surface area contributed by atoms with E-state index in [1.54, 1.807) is 12.1 Å². The van der Waals surface area contributed by atoms with Gasteiger partial charge >= 0.3 is 5.97 Å². The molecule has 0 N–H and O–H groups in total. The van der Waals surface area contributed by atoms with Crippen molar-refractivity contribution >= 4 is 23.5 Å². The number of carbonyl (C=O) groups is 3. The Morgan fingerprint density at radius 1 is 0.903 bits per heavy atom. The quantitative estimate of drug-likeness (QED) is 0.436. The lowest BCUT2D eigenvalue weighted by molar-refractivity contribution is 0.0469. The van der Waals surface area contributed by atoms with Crippen LogP contribution >= 0.6 is 0 Å². The summed E-state index contributed by atoms with van der Waals surface area (Å²) in [5, 5.41) is 0. The predicted molar refractivity (Wildman–Crippen MR) is 115 cm³/mol. The monoisotopic (exact) mass is 415 g/mol. The Hall–Kier alpha value is -3.93. The maximum atomic E-state index is 13.0. The molecular weight excluding hydrogens is 394 g/mol. The van der Waals surface area contributed by atoms with Gasteiger partial charge in [0.15, 0.2) is 0 Å². The summed E-state index contributed by atoms with van der Waals surface area (Å²) < 4.78 is 11.0. The Morgan fingerprint density at radius 2 is 1.61 bits per heavy atom. The van der Waals surface area contributed by atoms with Crippen LogP contribution in [0.15, 0.2) is 66.7 Å². The van der Waals surface area contributed by atoms with Crippen molar-refractivity contribution in [2.45, 2.75) is 20.5 Å². The Morgan fingerprint density at radius 3 is 2.39 bits per heavy atom. The molecule has 4 rings (SSSR count). The van der Waals surface area contributed by atoms with Gasteiger partial charge in [0, 0.05) is 5.56 Å². The number of imide groups is 1. The van der Waals surface area contributed by atoms with Crippen molar-refractivity contribution in [1.29, 1.82) is 0 Å². The minimum atomic E-state index is -0.580. The summed E-state index contributed by atoms with van der Waals surface area (Å²) >= 11 is 0. The van der Waals surface area contributed by atoms with E-state index in [1.165, 1.54) is 18.2 Å². The van der Waals surface area contributed by atoms with Gasteiger partial charge in [-0.15, -0.1) is 0 Å². The highest BCUT2D eigenvalue weighted by molar-refractivity contribution is 6.34. The molecule has 0 radical (unpaired) electrons. The first-order valence-electron chi connectivity index (χ1n) is 9.97. The molecule has 0 spiro atoms. The third-order valence-corrected chi connectivity index (χ3v) is 5.11. The van der Waals surface area contributed by atoms with E-state index >= 15 is 0 Å². The molecule has 0 bridgehead atoms. The average molecular weight is 415 g/mol. The molecular formula is C25H21NO5. The number of ether oxygens (including phenoxy) is 2. The highest BCUT2D eigenvalue weighted by Gasteiger charge is 2.37. The number of benzene rings is 3. The number of anilines is 1. The van der Waals surface area contributed by atoms with Gasteiger partial charge in [-0.05, 0) is 49.7 Å². The minimum Gasteiger partial charge on any atom is -0.493 e. The smallest absolute Gasteiger partial charge is 0.338 e. The van der Waals surface area contributed by atoms with E-state index in [-0.39, 0.29) is 23.3 Å². The van der Waals surface area contributed by atoms with Crippen LogP contribution in [0.3, 0.4) is 0 Å². The van der Waals surface area contributed by atoms with Crippen LogP contribution in [0.1, 0.15) is 49.1 Å². The number of esters is 1. The predicted octanol–water partition coefficient (Wildman–Crippen LogP) is 4.55. The van der Waals surface area contributed by atoms with Crippen molar-refractivity contribution in [1.82, 2.24) is 0 Å². The number of hydrogen-bond donors (Lipinski definition) is 0. The number of nitrogens with zero attached hydrogens (tertiary/aromatic N) is 1. The summed E-state index contributed by atoms with van der Waals surface area (Å²) in [6.45, 7) is 4.26. The van der Waals surface area contributed by atoms with Crippen LogP contribution in [-0.2, 0) is 11.3 Å². The van der Waals surface area contributed by atoms with E-state index < -0.39 is 17.8 Å². The highest BCUT2D eigenvalue weighted by atomic mass is 16.5. The fourth-order valence-electron chi connectivity index (χ4n) is 3.55. The Bertz CT molecular complexity index is 1180. The number of amides is 2. The third-order valence-electron chi connectivity index (χ3n) is 5.11. The molecule has 6 heteroatoms. The molecule has 1 heterocycles. The second kappa shape index (κ2) is 8.44. The zero-order valence-corrected chi connectivity index (χ0v) is 17.3. The van der Waals surface area contributed by atoms with Crippen LogP contribution < -0.4 is 9.64 Å². The lowest BCUT2D eigenvalue weighted by Gasteiger charge is -2.16. The van der Waals surface area contributed by atoms with Crippen molar-refractivity contribution in [3.05, 3.63) is 94.5 Å². The SMILES string of the molecule is CCOc1ccccc1COC(=O)c1ccc2c(c1)C(=O)N(c1ccccc1C)C2=O. The third kappa shape index (κ3) is 3.80. The van der Waals surface area contributed by atoms with Gasteiger partial charge in [0.1, 0.15) is 12.4 Å². The first-order valence-corrected chi connectivity index (χ1v) is 9.97. The largest absolute Gasteiger partial charge is 0.493 e. The van der Waals surface area contributed by atoms with Crippen LogP contribution in [0.2, 0.25) is 0 Å². The van der Waals surface area contributed by atoms with Gasteiger partial charge in [-0.1, -0.05) is 36.4 Å². The van der Waals surface area contributed by atoms with Gasteiger partial charge in [0.2, 0.25) is 0 Å². The molecule has 0 fully saturated rings. The van der Waals surface area contributed by atoms with Gasteiger partial charge in [-0.2, -0.15) is 0 Å². The van der Waals surface area contributed by atoms with Gasteiger partial charge < -0.3 is 9.47 Å². The Balaban J connectivity index is 1.55. The van der Waals surface area contributed by atoms with Crippen molar-refractivity contribution in [2.75, 3.05) is 11.5 Å². The van der Waals surface area contributed by atoms with Gasteiger partial charge in [-0.3, -0.25) is 9.59 Å². The number of para-hydroxylation sites is 2. The van der Waals surface area contributed by atoms with Crippen molar-refractivity contribution in [2.24, 2.45) is 0 Å². The maximum Gasteiger partial charge on any atom is 0.338 e. The van der Waals surface area contributed by atoms with Crippen LogP contribution in [-0.4, -0.2) is 24.4 Å². The lowest BCUT2D eigenvalue weighted by Crippen LogP contribution is -2.29. The molecule has 1 aliphatic heterocycles. The fraction of sp³-hybridized carbons (Fsp3) is 0.160. The summed E-state index contributed by atoms with van der Waals surface area (Å²) in [5.41, 5.74) is 2.76. The molecule has 3 aromatic carbocycles. The molecule has 0 saturated heterocycles. The average Bonchev–Trinajstić information content (AvgIpc) is 3.03. The number of fused-ring (bicyclic) bond motifs is 1. The Labute approximate surface area is 180 Å². The summed E-state index contributed by atoms with van der Waals surface area (Å²) in [4.78, 5) is 39.5. The zero-order valence-electron chi connectivity index (χ0n) is 17.3.